The molecule has 0 aliphatic rings. The predicted molar refractivity (Wildman–Crippen MR) is 45.6 cm³/mol. The zero-order valence-electron chi connectivity index (χ0n) is 8.16. The van der Waals surface area contributed by atoms with Gasteiger partial charge in [-0.2, -0.15) is 13.2 Å². The Hall–Kier alpha value is -0.250. The zero-order chi connectivity index (χ0) is 10.3. The van der Waals surface area contributed by atoms with Crippen LogP contribution in [0.3, 0.4) is 0 Å². The highest BCUT2D eigenvalue weighted by molar-refractivity contribution is 4.51. The van der Waals surface area contributed by atoms with Gasteiger partial charge in [-0.05, 0) is 26.2 Å². The average Bonchev–Trinajstić information content (AvgIpc) is 2.01. The second-order valence-corrected chi connectivity index (χ2v) is 3.16. The lowest BCUT2D eigenvalue weighted by Gasteiger charge is -2.10. The van der Waals surface area contributed by atoms with Gasteiger partial charge in [-0.25, -0.2) is 0 Å². The lowest BCUT2D eigenvalue weighted by Crippen LogP contribution is -2.10. The Bertz CT molecular complexity index is 123. The molecular weight excluding hydrogens is 181 g/mol. The molecule has 0 radical (unpaired) electrons. The third kappa shape index (κ3) is 9.67. The summed E-state index contributed by atoms with van der Waals surface area (Å²) in [5.41, 5.74) is 0. The van der Waals surface area contributed by atoms with E-state index in [4.69, 9.17) is 4.74 Å². The Labute approximate surface area is 77.3 Å². The summed E-state index contributed by atoms with van der Waals surface area (Å²) in [6.07, 6.45) is -3.00. The van der Waals surface area contributed by atoms with Crippen LogP contribution in [0.5, 0.6) is 0 Å². The molecule has 0 N–H and O–H groups in total. The molecule has 0 bridgehead atoms. The molecule has 4 heteroatoms. The average molecular weight is 198 g/mol. The molecule has 0 rings (SSSR count). The van der Waals surface area contributed by atoms with Gasteiger partial charge in [-0.1, -0.05) is 6.92 Å². The molecule has 80 valence electrons. The molecule has 0 saturated heterocycles. The van der Waals surface area contributed by atoms with Crippen molar-refractivity contribution in [3.05, 3.63) is 0 Å². The molecule has 1 nitrogen and oxygen atoms in total. The molecule has 0 aliphatic carbocycles. The molecule has 0 aromatic heterocycles. The van der Waals surface area contributed by atoms with Crippen LogP contribution in [-0.4, -0.2) is 18.9 Å². The number of hydrogen-bond acceptors (Lipinski definition) is 1. The van der Waals surface area contributed by atoms with Crippen molar-refractivity contribution >= 4 is 0 Å². The topological polar surface area (TPSA) is 9.23 Å². The maximum atomic E-state index is 11.7. The maximum Gasteiger partial charge on any atom is 0.389 e. The largest absolute Gasteiger partial charge is 0.389 e. The van der Waals surface area contributed by atoms with Crippen LogP contribution in [0, 0.1) is 0 Å². The molecule has 0 saturated carbocycles. The first-order valence-corrected chi connectivity index (χ1v) is 4.64. The van der Waals surface area contributed by atoms with Gasteiger partial charge in [-0.15, -0.1) is 0 Å². The first-order valence-electron chi connectivity index (χ1n) is 4.64. The minimum atomic E-state index is -4.02. The van der Waals surface area contributed by atoms with E-state index >= 15 is 0 Å². The highest BCUT2D eigenvalue weighted by Crippen LogP contribution is 2.22. The van der Waals surface area contributed by atoms with Crippen LogP contribution in [0.1, 0.15) is 39.5 Å². The minimum Gasteiger partial charge on any atom is -0.379 e. The molecule has 0 aromatic carbocycles. The third-order valence-electron chi connectivity index (χ3n) is 1.83. The zero-order valence-corrected chi connectivity index (χ0v) is 8.16. The van der Waals surface area contributed by atoms with E-state index in [9.17, 15) is 13.2 Å². The van der Waals surface area contributed by atoms with Gasteiger partial charge < -0.3 is 4.74 Å². The molecule has 0 aromatic rings. The number of alkyl halides is 3. The summed E-state index contributed by atoms with van der Waals surface area (Å²) in [4.78, 5) is 0. The summed E-state index contributed by atoms with van der Waals surface area (Å²) in [7, 11) is 0. The fourth-order valence-corrected chi connectivity index (χ4v) is 0.830. The van der Waals surface area contributed by atoms with E-state index in [1.807, 2.05) is 13.8 Å². The highest BCUT2D eigenvalue weighted by Gasteiger charge is 2.25. The van der Waals surface area contributed by atoms with Gasteiger partial charge >= 0.3 is 6.18 Å². The van der Waals surface area contributed by atoms with Crippen LogP contribution in [0.15, 0.2) is 0 Å². The maximum absolute atomic E-state index is 11.7. The Balaban J connectivity index is 3.18. The second kappa shape index (κ2) is 6.24. The summed E-state index contributed by atoms with van der Waals surface area (Å²) >= 11 is 0. The van der Waals surface area contributed by atoms with Crippen LogP contribution < -0.4 is 0 Å². The quantitative estimate of drug-likeness (QED) is 0.593. The summed E-state index contributed by atoms with van der Waals surface area (Å²) in [6, 6.07) is 0. The monoisotopic (exact) mass is 198 g/mol. The summed E-state index contributed by atoms with van der Waals surface area (Å²) in [5.74, 6) is 0. The van der Waals surface area contributed by atoms with Crippen molar-refractivity contribution in [2.24, 2.45) is 0 Å². The lowest BCUT2D eigenvalue weighted by atomic mass is 10.2. The van der Waals surface area contributed by atoms with Gasteiger partial charge in [0, 0.05) is 13.0 Å². The van der Waals surface area contributed by atoms with E-state index in [-0.39, 0.29) is 12.5 Å². The number of hydrogen-bond donors (Lipinski definition) is 0. The van der Waals surface area contributed by atoms with Crippen molar-refractivity contribution in [1.82, 2.24) is 0 Å². The van der Waals surface area contributed by atoms with Gasteiger partial charge in [-0.3, -0.25) is 0 Å². The van der Waals surface area contributed by atoms with Crippen molar-refractivity contribution in [3.63, 3.8) is 0 Å². The van der Waals surface area contributed by atoms with E-state index in [1.165, 1.54) is 0 Å². The molecule has 13 heavy (non-hydrogen) atoms. The van der Waals surface area contributed by atoms with Crippen molar-refractivity contribution < 1.29 is 17.9 Å². The molecule has 0 amide bonds. The van der Waals surface area contributed by atoms with Crippen LogP contribution >= 0.6 is 0 Å². The van der Waals surface area contributed by atoms with E-state index < -0.39 is 12.6 Å². The van der Waals surface area contributed by atoms with Gasteiger partial charge in [0.25, 0.3) is 0 Å². The van der Waals surface area contributed by atoms with Crippen molar-refractivity contribution in [3.8, 4) is 0 Å². The van der Waals surface area contributed by atoms with E-state index in [1.54, 1.807) is 0 Å². The summed E-state index contributed by atoms with van der Waals surface area (Å²) in [6.45, 7) is 4.34. The molecular formula is C9H17F3O. The Morgan fingerprint density at radius 2 is 1.85 bits per heavy atom. The number of unbranched alkanes of at least 4 members (excludes halogenated alkanes) is 1. The third-order valence-corrected chi connectivity index (χ3v) is 1.83. The Kier molecular flexibility index (Phi) is 6.12. The first kappa shape index (κ1) is 12.8. The van der Waals surface area contributed by atoms with Crippen LogP contribution in [0.4, 0.5) is 13.2 Å². The van der Waals surface area contributed by atoms with Crippen LogP contribution in [0.2, 0.25) is 0 Å². The molecule has 0 aliphatic heterocycles. The number of rotatable bonds is 6. The minimum absolute atomic E-state index is 0.158. The van der Waals surface area contributed by atoms with Gasteiger partial charge in [0.2, 0.25) is 0 Å². The standard InChI is InChI=1S/C9H17F3O/c1-3-8(2)13-7-5-4-6-9(10,11)12/h8H,3-7H2,1-2H3. The lowest BCUT2D eigenvalue weighted by molar-refractivity contribution is -0.136. The molecule has 0 fully saturated rings. The normalized spacial score (nSPS) is 14.5. The Morgan fingerprint density at radius 1 is 1.23 bits per heavy atom. The highest BCUT2D eigenvalue weighted by atomic mass is 19.4. The van der Waals surface area contributed by atoms with Crippen molar-refractivity contribution in [1.29, 1.82) is 0 Å². The second-order valence-electron chi connectivity index (χ2n) is 3.16. The first-order chi connectivity index (χ1) is 5.95. The fraction of sp³-hybridized carbons (Fsp3) is 1.00. The van der Waals surface area contributed by atoms with Gasteiger partial charge in [0.05, 0.1) is 6.10 Å². The molecule has 0 spiro atoms. The number of halogens is 3. The predicted octanol–water partition coefficient (Wildman–Crippen LogP) is 3.53. The van der Waals surface area contributed by atoms with Crippen molar-refractivity contribution in [2.75, 3.05) is 6.61 Å². The molecule has 0 heterocycles. The van der Waals surface area contributed by atoms with E-state index in [0.717, 1.165) is 6.42 Å². The fourth-order valence-electron chi connectivity index (χ4n) is 0.830. The SMILES string of the molecule is CCC(C)OCCCCC(F)(F)F. The van der Waals surface area contributed by atoms with Gasteiger partial charge in [0.1, 0.15) is 0 Å². The van der Waals surface area contributed by atoms with Crippen LogP contribution in [-0.2, 0) is 4.74 Å². The van der Waals surface area contributed by atoms with E-state index in [0.29, 0.717) is 13.0 Å². The van der Waals surface area contributed by atoms with Gasteiger partial charge in [0.15, 0.2) is 0 Å². The number of ether oxygens (including phenoxy) is 1. The van der Waals surface area contributed by atoms with E-state index in [2.05, 4.69) is 0 Å². The summed E-state index contributed by atoms with van der Waals surface area (Å²) in [5, 5.41) is 0. The van der Waals surface area contributed by atoms with Crippen molar-refractivity contribution in [2.45, 2.75) is 51.8 Å². The Morgan fingerprint density at radius 3 is 2.31 bits per heavy atom. The van der Waals surface area contributed by atoms with Crippen LogP contribution in [0.25, 0.3) is 0 Å². The smallest absolute Gasteiger partial charge is 0.379 e. The summed E-state index contributed by atoms with van der Waals surface area (Å²) < 4.78 is 40.2. The molecule has 1 unspecified atom stereocenters. The molecule has 1 atom stereocenters.